The fraction of sp³-hybridized carbons (Fsp3) is 0.550. The maximum atomic E-state index is 13.1. The smallest absolute Gasteiger partial charge is 0.325 e. The molecule has 1 aromatic rings. The van der Waals surface area contributed by atoms with Gasteiger partial charge in [0.25, 0.3) is 5.91 Å². The van der Waals surface area contributed by atoms with Crippen molar-refractivity contribution in [1.82, 2.24) is 20.9 Å². The summed E-state index contributed by atoms with van der Waals surface area (Å²) in [5.74, 6) is -0.609. The number of aryl methyl sites for hydroxylation is 1. The minimum atomic E-state index is -1.00. The van der Waals surface area contributed by atoms with Crippen LogP contribution in [0, 0.1) is 5.41 Å². The number of hydrogen-bond donors (Lipinski definition) is 3. The monoisotopic (exact) mass is 370 g/mol. The van der Waals surface area contributed by atoms with Crippen molar-refractivity contribution < 1.29 is 14.4 Å². The molecule has 144 valence electrons. The van der Waals surface area contributed by atoms with Gasteiger partial charge < -0.3 is 16.0 Å². The first-order valence-corrected chi connectivity index (χ1v) is 9.64. The Balaban J connectivity index is 1.42. The van der Waals surface area contributed by atoms with E-state index in [4.69, 9.17) is 0 Å². The Bertz CT molecular complexity index is 787. The second-order valence-electron chi connectivity index (χ2n) is 8.22. The molecule has 3 N–H and O–H groups in total. The van der Waals surface area contributed by atoms with Gasteiger partial charge >= 0.3 is 6.03 Å². The number of nitrogens with zero attached hydrogens (tertiary/aromatic N) is 1. The third-order valence-electron chi connectivity index (χ3n) is 6.25. The summed E-state index contributed by atoms with van der Waals surface area (Å²) < 4.78 is 0. The molecule has 2 heterocycles. The second-order valence-corrected chi connectivity index (χ2v) is 8.22. The highest BCUT2D eigenvalue weighted by Gasteiger charge is 2.55. The summed E-state index contributed by atoms with van der Waals surface area (Å²) in [6, 6.07) is 7.20. The second kappa shape index (κ2) is 6.64. The summed E-state index contributed by atoms with van der Waals surface area (Å²) in [5.41, 5.74) is 0.989. The Labute approximate surface area is 158 Å². The number of rotatable bonds is 4. The molecule has 4 amide bonds. The van der Waals surface area contributed by atoms with Crippen LogP contribution in [0.2, 0.25) is 0 Å². The Hall–Kier alpha value is -2.41. The van der Waals surface area contributed by atoms with Gasteiger partial charge in [-0.25, -0.2) is 4.79 Å². The zero-order valence-corrected chi connectivity index (χ0v) is 15.6. The van der Waals surface area contributed by atoms with Crippen molar-refractivity contribution in [2.24, 2.45) is 5.41 Å². The molecule has 1 aliphatic carbocycles. The van der Waals surface area contributed by atoms with Crippen molar-refractivity contribution in [1.29, 1.82) is 0 Å². The standard InChI is InChI=1S/C20H26N4O3/c1-19(8-10-21-11-9-19)13-22-16(25)12-24-17(26)20(23-18(24)27)7-6-14-4-2-3-5-15(14)20/h2-5,21H,6-13H2,1H3,(H,22,25)(H,23,27). The van der Waals surface area contributed by atoms with Gasteiger partial charge in [-0.05, 0) is 55.3 Å². The molecule has 0 bridgehead atoms. The molecule has 1 atom stereocenters. The molecule has 1 aromatic carbocycles. The van der Waals surface area contributed by atoms with Crippen LogP contribution in [-0.2, 0) is 21.5 Å². The fourth-order valence-corrected chi connectivity index (χ4v) is 4.45. The highest BCUT2D eigenvalue weighted by molar-refractivity contribution is 6.09. The summed E-state index contributed by atoms with van der Waals surface area (Å²) in [7, 11) is 0. The third kappa shape index (κ3) is 3.10. The number of nitrogens with one attached hydrogen (secondary N) is 3. The Morgan fingerprint density at radius 1 is 1.19 bits per heavy atom. The van der Waals surface area contributed by atoms with Crippen molar-refractivity contribution in [3.63, 3.8) is 0 Å². The molecule has 0 saturated carbocycles. The van der Waals surface area contributed by atoms with Crippen LogP contribution >= 0.6 is 0 Å². The zero-order valence-electron chi connectivity index (χ0n) is 15.6. The van der Waals surface area contributed by atoms with Gasteiger partial charge in [0.15, 0.2) is 0 Å². The minimum Gasteiger partial charge on any atom is -0.354 e. The molecule has 7 heteroatoms. The highest BCUT2D eigenvalue weighted by Crippen LogP contribution is 2.41. The van der Waals surface area contributed by atoms with E-state index in [0.717, 1.165) is 48.4 Å². The molecule has 2 aliphatic heterocycles. The lowest BCUT2D eigenvalue weighted by Gasteiger charge is -2.34. The van der Waals surface area contributed by atoms with E-state index in [-0.39, 0.29) is 23.8 Å². The van der Waals surface area contributed by atoms with Crippen LogP contribution in [0.1, 0.15) is 37.3 Å². The average Bonchev–Trinajstić information content (AvgIpc) is 3.15. The number of urea groups is 1. The first-order chi connectivity index (χ1) is 12.9. The maximum Gasteiger partial charge on any atom is 0.325 e. The third-order valence-corrected chi connectivity index (χ3v) is 6.25. The zero-order chi connectivity index (χ0) is 19.1. The van der Waals surface area contributed by atoms with Crippen LogP contribution in [0.15, 0.2) is 24.3 Å². The molecular weight excluding hydrogens is 344 g/mol. The number of amides is 4. The number of piperidine rings is 1. The van der Waals surface area contributed by atoms with Crippen molar-refractivity contribution in [3.8, 4) is 0 Å². The summed E-state index contributed by atoms with van der Waals surface area (Å²) in [5, 5.41) is 9.09. The van der Waals surface area contributed by atoms with Crippen LogP contribution < -0.4 is 16.0 Å². The summed E-state index contributed by atoms with van der Waals surface area (Å²) in [6.45, 7) is 4.38. The lowest BCUT2D eigenvalue weighted by molar-refractivity contribution is -0.135. The molecule has 0 radical (unpaired) electrons. The van der Waals surface area contributed by atoms with Gasteiger partial charge in [-0.3, -0.25) is 14.5 Å². The van der Waals surface area contributed by atoms with E-state index < -0.39 is 11.6 Å². The van der Waals surface area contributed by atoms with E-state index in [2.05, 4.69) is 22.9 Å². The van der Waals surface area contributed by atoms with Crippen molar-refractivity contribution in [2.45, 2.75) is 38.1 Å². The van der Waals surface area contributed by atoms with Crippen molar-refractivity contribution in [2.75, 3.05) is 26.2 Å². The van der Waals surface area contributed by atoms with Crippen LogP contribution in [-0.4, -0.2) is 48.9 Å². The number of benzene rings is 1. The molecule has 2 fully saturated rings. The Morgan fingerprint density at radius 2 is 1.93 bits per heavy atom. The van der Waals surface area contributed by atoms with Gasteiger partial charge in [0.05, 0.1) is 0 Å². The molecule has 4 rings (SSSR count). The summed E-state index contributed by atoms with van der Waals surface area (Å²) in [6.07, 6.45) is 3.28. The van der Waals surface area contributed by atoms with Gasteiger partial charge in [-0.2, -0.15) is 0 Å². The molecule has 7 nitrogen and oxygen atoms in total. The minimum absolute atomic E-state index is 0.0593. The number of carbonyl (C=O) groups excluding carboxylic acids is 3. The number of imide groups is 1. The van der Waals surface area contributed by atoms with Crippen molar-refractivity contribution in [3.05, 3.63) is 35.4 Å². The lowest BCUT2D eigenvalue weighted by atomic mass is 9.81. The molecular formula is C20H26N4O3. The van der Waals surface area contributed by atoms with Crippen LogP contribution in [0.5, 0.6) is 0 Å². The normalized spacial score (nSPS) is 26.2. The molecule has 3 aliphatic rings. The first-order valence-electron chi connectivity index (χ1n) is 9.64. The van der Waals surface area contributed by atoms with E-state index in [1.54, 1.807) is 0 Å². The van der Waals surface area contributed by atoms with E-state index >= 15 is 0 Å². The van der Waals surface area contributed by atoms with E-state index in [0.29, 0.717) is 13.0 Å². The van der Waals surface area contributed by atoms with E-state index in [1.165, 1.54) is 0 Å². The van der Waals surface area contributed by atoms with Gasteiger partial charge in [0, 0.05) is 6.54 Å². The van der Waals surface area contributed by atoms with E-state index in [1.807, 2.05) is 24.3 Å². The van der Waals surface area contributed by atoms with Gasteiger partial charge in [0.1, 0.15) is 12.1 Å². The predicted octanol–water partition coefficient (Wildman–Crippen LogP) is 0.886. The Kier molecular flexibility index (Phi) is 4.42. The van der Waals surface area contributed by atoms with E-state index in [9.17, 15) is 14.4 Å². The predicted molar refractivity (Wildman–Crippen MR) is 99.9 cm³/mol. The SMILES string of the molecule is CC1(CNC(=O)CN2C(=O)NC3(CCc4ccccc43)C2=O)CCNCC1. The average molecular weight is 370 g/mol. The number of carbonyl (C=O) groups is 3. The van der Waals surface area contributed by atoms with Gasteiger partial charge in [0.2, 0.25) is 5.91 Å². The topological polar surface area (TPSA) is 90.5 Å². The first kappa shape index (κ1) is 18.0. The highest BCUT2D eigenvalue weighted by atomic mass is 16.2. The molecule has 1 unspecified atom stereocenters. The maximum absolute atomic E-state index is 13.1. The molecule has 1 spiro atoms. The number of hydrogen-bond acceptors (Lipinski definition) is 4. The fourth-order valence-electron chi connectivity index (χ4n) is 4.45. The number of fused-ring (bicyclic) bond motifs is 2. The summed E-state index contributed by atoms with van der Waals surface area (Å²) >= 11 is 0. The molecule has 27 heavy (non-hydrogen) atoms. The Morgan fingerprint density at radius 3 is 2.70 bits per heavy atom. The van der Waals surface area contributed by atoms with Gasteiger partial charge in [-0.15, -0.1) is 0 Å². The van der Waals surface area contributed by atoms with Crippen LogP contribution in [0.25, 0.3) is 0 Å². The molecule has 0 aromatic heterocycles. The lowest BCUT2D eigenvalue weighted by Crippen LogP contribution is -2.47. The van der Waals surface area contributed by atoms with Crippen LogP contribution in [0.3, 0.4) is 0 Å². The largest absolute Gasteiger partial charge is 0.354 e. The molecule has 2 saturated heterocycles. The van der Waals surface area contributed by atoms with Crippen molar-refractivity contribution >= 4 is 17.8 Å². The van der Waals surface area contributed by atoms with Crippen LogP contribution in [0.4, 0.5) is 4.79 Å². The quantitative estimate of drug-likeness (QED) is 0.687. The summed E-state index contributed by atoms with van der Waals surface area (Å²) in [4.78, 5) is 39.0. The van der Waals surface area contributed by atoms with Gasteiger partial charge in [-0.1, -0.05) is 31.2 Å².